The number of piperidine rings is 1. The van der Waals surface area contributed by atoms with Crippen LogP contribution in [0.15, 0.2) is 36.5 Å². The Hall–Kier alpha value is -4.08. The highest BCUT2D eigenvalue weighted by Crippen LogP contribution is 2.35. The number of methoxy groups -OCH3 is 1. The van der Waals surface area contributed by atoms with Crippen LogP contribution in [0.1, 0.15) is 44.0 Å². The molecule has 2 N–H and O–H groups in total. The molecule has 0 spiro atoms. The normalized spacial score (nSPS) is 16.2. The number of aryl methyl sites for hydroxylation is 1. The highest BCUT2D eigenvalue weighted by atomic mass is 16.5. The summed E-state index contributed by atoms with van der Waals surface area (Å²) in [7, 11) is 3.54. The Morgan fingerprint density at radius 2 is 2.03 bits per heavy atom. The van der Waals surface area contributed by atoms with Crippen molar-refractivity contribution < 1.29 is 19.4 Å². The number of fused-ring (bicyclic) bond motifs is 2. The van der Waals surface area contributed by atoms with Crippen LogP contribution in [0.25, 0.3) is 33.6 Å². The number of imidazole rings is 1. The minimum atomic E-state index is -1.08. The Kier molecular flexibility index (Phi) is 6.50. The van der Waals surface area contributed by atoms with Crippen molar-refractivity contribution in [1.82, 2.24) is 29.3 Å². The summed E-state index contributed by atoms with van der Waals surface area (Å²) in [4.78, 5) is 35.9. The van der Waals surface area contributed by atoms with Crippen LogP contribution in [0.4, 0.5) is 4.79 Å². The highest BCUT2D eigenvalue weighted by Gasteiger charge is 2.28. The van der Waals surface area contributed by atoms with E-state index in [9.17, 15) is 9.59 Å². The van der Waals surface area contributed by atoms with E-state index < -0.39 is 6.09 Å². The summed E-state index contributed by atoms with van der Waals surface area (Å²) in [5.41, 5.74) is 3.78. The lowest BCUT2D eigenvalue weighted by atomic mass is 9.97. The van der Waals surface area contributed by atoms with Crippen molar-refractivity contribution >= 4 is 34.1 Å². The number of carboxylic acid groups (broad SMARTS) is 1. The Balaban J connectivity index is 1.58. The molecule has 0 bridgehead atoms. The number of carbonyl (C=O) groups excluding carboxylic acids is 1. The van der Waals surface area contributed by atoms with Crippen molar-refractivity contribution in [3.63, 3.8) is 0 Å². The Morgan fingerprint density at radius 1 is 1.24 bits per heavy atom. The molecule has 1 aliphatic rings. The number of ether oxygens (including phenoxy) is 1. The molecule has 4 heterocycles. The Labute approximate surface area is 221 Å². The molecule has 4 aromatic rings. The second kappa shape index (κ2) is 9.66. The molecule has 5 rings (SSSR count). The number of carbonyl (C=O) groups is 2. The maximum absolute atomic E-state index is 13.5. The lowest BCUT2D eigenvalue weighted by Gasteiger charge is -2.32. The van der Waals surface area contributed by atoms with Crippen LogP contribution in [0, 0.1) is 5.41 Å². The van der Waals surface area contributed by atoms with Gasteiger partial charge in [0.15, 0.2) is 5.82 Å². The van der Waals surface area contributed by atoms with Crippen molar-refractivity contribution in [3.8, 4) is 17.3 Å². The Morgan fingerprint density at radius 3 is 2.74 bits per heavy atom. The lowest BCUT2D eigenvalue weighted by molar-refractivity contribution is 0.0692. The third kappa shape index (κ3) is 4.78. The first kappa shape index (κ1) is 25.6. The van der Waals surface area contributed by atoms with Gasteiger partial charge >= 0.3 is 6.09 Å². The van der Waals surface area contributed by atoms with Crippen molar-refractivity contribution in [1.29, 1.82) is 0 Å². The van der Waals surface area contributed by atoms with Gasteiger partial charge in [-0.2, -0.15) is 0 Å². The first-order valence-electron chi connectivity index (χ1n) is 12.8. The van der Waals surface area contributed by atoms with Crippen LogP contribution in [0.2, 0.25) is 0 Å². The standard InChI is InChI=1S/C28H34N6O4/c1-28(2,3)16-34-21(13-17-8-6-10-29-24(17)34)25-31-20-12-18(14-22(38-5)23(20)32(25)4)26(35)33-11-7-9-19(15-33)30-27(36)37/h6,8,10,12-14,19,30H,7,9,11,15-16H2,1-5H3,(H,36,37). The third-order valence-electron chi connectivity index (χ3n) is 6.95. The molecular formula is C28H34N6O4. The van der Waals surface area contributed by atoms with Crippen molar-refractivity contribution in [2.75, 3.05) is 20.2 Å². The summed E-state index contributed by atoms with van der Waals surface area (Å²) in [5, 5.41) is 12.6. The number of nitrogens with one attached hydrogen (secondary N) is 1. The molecule has 10 nitrogen and oxygen atoms in total. The fraction of sp³-hybridized carbons (Fsp3) is 0.429. The number of hydrogen-bond donors (Lipinski definition) is 2. The van der Waals surface area contributed by atoms with Gasteiger partial charge in [0, 0.05) is 49.9 Å². The van der Waals surface area contributed by atoms with Gasteiger partial charge in [-0.25, -0.2) is 14.8 Å². The fourth-order valence-electron chi connectivity index (χ4n) is 5.36. The molecule has 1 atom stereocenters. The summed E-state index contributed by atoms with van der Waals surface area (Å²) in [6.07, 6.45) is 2.17. The zero-order valence-electron chi connectivity index (χ0n) is 22.5. The van der Waals surface area contributed by atoms with E-state index in [1.54, 1.807) is 30.3 Å². The zero-order valence-corrected chi connectivity index (χ0v) is 22.5. The molecule has 1 unspecified atom stereocenters. The van der Waals surface area contributed by atoms with Gasteiger partial charge in [0.1, 0.15) is 16.9 Å². The first-order valence-corrected chi connectivity index (χ1v) is 12.8. The van der Waals surface area contributed by atoms with E-state index in [1.807, 2.05) is 17.7 Å². The quantitative estimate of drug-likeness (QED) is 0.402. The van der Waals surface area contributed by atoms with Crippen LogP contribution in [0.3, 0.4) is 0 Å². The fourth-order valence-corrected chi connectivity index (χ4v) is 5.36. The lowest BCUT2D eigenvalue weighted by Crippen LogP contribution is -2.49. The summed E-state index contributed by atoms with van der Waals surface area (Å²) >= 11 is 0. The van der Waals surface area contributed by atoms with Crippen molar-refractivity contribution in [2.45, 2.75) is 46.2 Å². The maximum Gasteiger partial charge on any atom is 0.404 e. The van der Waals surface area contributed by atoms with E-state index in [0.717, 1.165) is 41.0 Å². The van der Waals surface area contributed by atoms with Crippen LogP contribution < -0.4 is 10.1 Å². The molecule has 1 aliphatic heterocycles. The van der Waals surface area contributed by atoms with Gasteiger partial charge in [-0.15, -0.1) is 0 Å². The molecule has 0 saturated carbocycles. The van der Waals surface area contributed by atoms with Crippen LogP contribution in [0.5, 0.6) is 5.75 Å². The van der Waals surface area contributed by atoms with E-state index in [0.29, 0.717) is 36.3 Å². The van der Waals surface area contributed by atoms with E-state index in [4.69, 9.17) is 14.8 Å². The van der Waals surface area contributed by atoms with Gasteiger partial charge in [0.2, 0.25) is 0 Å². The minimum Gasteiger partial charge on any atom is -0.494 e. The number of nitrogens with zero attached hydrogens (tertiary/aromatic N) is 5. The summed E-state index contributed by atoms with van der Waals surface area (Å²) < 4.78 is 9.95. The summed E-state index contributed by atoms with van der Waals surface area (Å²) in [6.45, 7) is 8.24. The zero-order chi connectivity index (χ0) is 27.2. The topological polar surface area (TPSA) is 115 Å². The molecule has 1 aromatic carbocycles. The largest absolute Gasteiger partial charge is 0.494 e. The van der Waals surface area contributed by atoms with Crippen LogP contribution in [-0.4, -0.2) is 67.4 Å². The molecule has 2 amide bonds. The molecular weight excluding hydrogens is 484 g/mol. The molecule has 10 heteroatoms. The monoisotopic (exact) mass is 518 g/mol. The number of benzene rings is 1. The molecule has 0 aliphatic carbocycles. The van der Waals surface area contributed by atoms with Crippen LogP contribution in [-0.2, 0) is 13.6 Å². The third-order valence-corrected chi connectivity index (χ3v) is 6.95. The maximum atomic E-state index is 13.5. The second-order valence-electron chi connectivity index (χ2n) is 11.2. The number of pyridine rings is 1. The van der Waals surface area contributed by atoms with Crippen molar-refractivity contribution in [2.24, 2.45) is 12.5 Å². The highest BCUT2D eigenvalue weighted by molar-refractivity contribution is 6.00. The summed E-state index contributed by atoms with van der Waals surface area (Å²) in [6, 6.07) is 9.35. The average molecular weight is 519 g/mol. The number of amides is 2. The van der Waals surface area contributed by atoms with Crippen molar-refractivity contribution in [3.05, 3.63) is 42.1 Å². The molecule has 3 aromatic heterocycles. The minimum absolute atomic E-state index is 0.0158. The van der Waals surface area contributed by atoms with Gasteiger partial charge in [-0.3, -0.25) is 4.79 Å². The van der Waals surface area contributed by atoms with E-state index in [-0.39, 0.29) is 17.4 Å². The molecule has 38 heavy (non-hydrogen) atoms. The average Bonchev–Trinajstić information content (AvgIpc) is 3.39. The van der Waals surface area contributed by atoms with E-state index in [1.165, 1.54) is 0 Å². The number of likely N-dealkylation sites (tertiary alicyclic amines) is 1. The van der Waals surface area contributed by atoms with Gasteiger partial charge in [-0.1, -0.05) is 20.8 Å². The first-order chi connectivity index (χ1) is 18.1. The van der Waals surface area contributed by atoms with Gasteiger partial charge in [0.05, 0.1) is 18.3 Å². The van der Waals surface area contributed by atoms with E-state index >= 15 is 0 Å². The van der Waals surface area contributed by atoms with E-state index in [2.05, 4.69) is 47.8 Å². The predicted molar refractivity (Wildman–Crippen MR) is 146 cm³/mol. The molecule has 200 valence electrons. The van der Waals surface area contributed by atoms with Crippen LogP contribution >= 0.6 is 0 Å². The van der Waals surface area contributed by atoms with Gasteiger partial charge in [-0.05, 0) is 48.6 Å². The van der Waals surface area contributed by atoms with Gasteiger partial charge in [0.25, 0.3) is 5.91 Å². The summed E-state index contributed by atoms with van der Waals surface area (Å²) in [5.74, 6) is 1.15. The SMILES string of the molecule is COc1cc(C(=O)N2CCCC(NC(=O)O)C2)cc2nc(-c3cc4cccnc4n3CC(C)(C)C)n(C)c12. The number of aromatic nitrogens is 4. The smallest absolute Gasteiger partial charge is 0.404 e. The number of rotatable bonds is 5. The Bertz CT molecular complexity index is 1530. The molecule has 0 radical (unpaired) electrons. The molecule has 1 saturated heterocycles. The second-order valence-corrected chi connectivity index (χ2v) is 11.2. The van der Waals surface area contributed by atoms with Gasteiger partial charge < -0.3 is 29.2 Å². The number of hydrogen-bond acceptors (Lipinski definition) is 5. The molecule has 1 fully saturated rings. The predicted octanol–water partition coefficient (Wildman–Crippen LogP) is 4.52.